The molecule has 0 fully saturated rings. The Morgan fingerprint density at radius 1 is 0.615 bits per heavy atom. The summed E-state index contributed by atoms with van der Waals surface area (Å²) >= 11 is 0. The van der Waals surface area contributed by atoms with Gasteiger partial charge in [0.1, 0.15) is 0 Å². The van der Waals surface area contributed by atoms with Gasteiger partial charge in [0.05, 0.1) is 0 Å². The van der Waals surface area contributed by atoms with Crippen molar-refractivity contribution in [2.45, 2.75) is 0 Å². The molecule has 0 atom stereocenters. The maximum atomic E-state index is 11.8. The highest BCUT2D eigenvalue weighted by atomic mass is 19.3. The van der Waals surface area contributed by atoms with Crippen LogP contribution in [0.3, 0.4) is 0 Å². The predicted molar refractivity (Wildman–Crippen MR) is 24.0 cm³/mol. The van der Waals surface area contributed by atoms with E-state index in [0.717, 1.165) is 0 Å². The highest BCUT2D eigenvalue weighted by molar-refractivity contribution is 4.90. The molecule has 0 heterocycles. The summed E-state index contributed by atoms with van der Waals surface area (Å²) in [6.45, 7) is 0. The van der Waals surface area contributed by atoms with Crippen LogP contribution in [-0.4, -0.2) is 0 Å². The summed E-state index contributed by atoms with van der Waals surface area (Å²) in [7, 11) is 0. The molecule has 0 aliphatic rings. The van der Waals surface area contributed by atoms with E-state index in [4.69, 9.17) is 0 Å². The van der Waals surface area contributed by atoms with Crippen molar-refractivity contribution in [3.8, 4) is 0 Å². The van der Waals surface area contributed by atoms with E-state index >= 15 is 0 Å². The second kappa shape index (κ2) is 5.17. The predicted octanol–water partition coefficient (Wildman–Crippen LogP) is 2.94. The van der Waals surface area contributed by atoms with Crippen molar-refractivity contribution < 1.29 is 41.2 Å². The van der Waals surface area contributed by atoms with Gasteiger partial charge in [0.25, 0.3) is 0 Å². The third-order valence-corrected chi connectivity index (χ3v) is 0.624. The van der Waals surface area contributed by atoms with Gasteiger partial charge in [0.15, 0.2) is 0 Å². The lowest BCUT2D eigenvalue weighted by Crippen LogP contribution is -1.90. The first-order chi connectivity index (χ1) is 6.02. The smallest absolute Gasteiger partial charge is 0.390 e. The van der Waals surface area contributed by atoms with Crippen molar-refractivity contribution in [2.24, 2.45) is 0 Å². The van der Waals surface area contributed by atoms with Crippen LogP contribution in [0.5, 0.6) is 0 Å². The van der Waals surface area contributed by atoms with Gasteiger partial charge in [-0.1, -0.05) is 0 Å². The van der Waals surface area contributed by atoms with Crippen LogP contribution in [0.2, 0.25) is 0 Å². The molecule has 0 aromatic rings. The van der Waals surface area contributed by atoms with E-state index in [2.05, 4.69) is 14.6 Å². The van der Waals surface area contributed by atoms with E-state index in [9.17, 15) is 26.6 Å². The summed E-state index contributed by atoms with van der Waals surface area (Å²) < 4.78 is 71.3. The Balaban J connectivity index is 4.46. The summed E-state index contributed by atoms with van der Waals surface area (Å²) in [6.07, 6.45) is 0. The maximum absolute atomic E-state index is 11.8. The minimum atomic E-state index is -2.60. The minimum absolute atomic E-state index is 2.09. The highest BCUT2D eigenvalue weighted by Gasteiger charge is 2.17. The molecule has 3 nitrogen and oxygen atoms in total. The van der Waals surface area contributed by atoms with Gasteiger partial charge >= 0.3 is 24.1 Å². The van der Waals surface area contributed by atoms with Gasteiger partial charge in [-0.15, -0.1) is 0 Å². The number of rotatable bonds is 4. The zero-order chi connectivity index (χ0) is 10.4. The van der Waals surface area contributed by atoms with Crippen LogP contribution in [0.15, 0.2) is 24.1 Å². The summed E-state index contributed by atoms with van der Waals surface area (Å²) in [6, 6.07) is -10.3. The van der Waals surface area contributed by atoms with E-state index in [0.29, 0.717) is 0 Å². The van der Waals surface area contributed by atoms with Gasteiger partial charge in [-0.25, -0.2) is 0 Å². The number of ether oxygens (including phenoxy) is 1. The standard InChI is InChI=1S/C4F6O3/c5-1(3(7)12-9)11-2(6)4(8)13-10. The first kappa shape index (κ1) is 11.5. The van der Waals surface area contributed by atoms with Gasteiger partial charge in [0, 0.05) is 9.05 Å². The lowest BCUT2D eigenvalue weighted by atomic mass is 10.9. The van der Waals surface area contributed by atoms with E-state index in [-0.39, 0.29) is 0 Å². The topological polar surface area (TPSA) is 27.7 Å². The van der Waals surface area contributed by atoms with Crippen LogP contribution in [0.1, 0.15) is 0 Å². The van der Waals surface area contributed by atoms with Crippen LogP contribution < -0.4 is 0 Å². The van der Waals surface area contributed by atoms with Gasteiger partial charge in [-0.05, 0) is 0 Å². The van der Waals surface area contributed by atoms with Crippen molar-refractivity contribution in [3.63, 3.8) is 0 Å². The average molecular weight is 210 g/mol. The first-order valence-corrected chi connectivity index (χ1v) is 2.38. The molecule has 13 heavy (non-hydrogen) atoms. The normalized spacial score (nSPS) is 14.3. The monoisotopic (exact) mass is 210 g/mol. The molecule has 0 unspecified atom stereocenters. The molecule has 0 aliphatic carbocycles. The van der Waals surface area contributed by atoms with Crippen LogP contribution in [-0.2, 0) is 14.6 Å². The number of hydrogen-bond donors (Lipinski definition) is 0. The molecule has 0 spiro atoms. The lowest BCUT2D eigenvalue weighted by Gasteiger charge is -1.97. The Bertz CT molecular complexity index is 212. The average Bonchev–Trinajstić information content (AvgIpc) is 2.14. The molecule has 0 aromatic carbocycles. The van der Waals surface area contributed by atoms with E-state index < -0.39 is 24.1 Å². The Kier molecular flexibility index (Phi) is 4.55. The van der Waals surface area contributed by atoms with Crippen LogP contribution in [0.25, 0.3) is 0 Å². The molecule has 0 aromatic heterocycles. The van der Waals surface area contributed by atoms with Crippen molar-refractivity contribution >= 4 is 0 Å². The fourth-order valence-corrected chi connectivity index (χ4v) is 0.220. The van der Waals surface area contributed by atoms with Crippen molar-refractivity contribution in [1.82, 2.24) is 0 Å². The van der Waals surface area contributed by atoms with Crippen molar-refractivity contribution in [2.75, 3.05) is 0 Å². The molecular weight excluding hydrogens is 210 g/mol. The lowest BCUT2D eigenvalue weighted by molar-refractivity contribution is -0.133. The highest BCUT2D eigenvalue weighted by Crippen LogP contribution is 2.19. The molecular formula is C4F6O3. The zero-order valence-electron chi connectivity index (χ0n) is 5.49. The molecule has 0 saturated carbocycles. The molecule has 0 aliphatic heterocycles. The molecule has 0 saturated heterocycles. The third kappa shape index (κ3) is 3.58. The van der Waals surface area contributed by atoms with E-state index in [1.807, 2.05) is 0 Å². The molecule has 9 heteroatoms. The quantitative estimate of drug-likeness (QED) is 0.527. The summed E-state index contributed by atoms with van der Waals surface area (Å²) in [5, 5.41) is 0. The van der Waals surface area contributed by atoms with E-state index in [1.165, 1.54) is 0 Å². The van der Waals surface area contributed by atoms with Crippen LogP contribution >= 0.6 is 0 Å². The summed E-state index contributed by atoms with van der Waals surface area (Å²) in [4.78, 5) is 4.19. The molecule has 0 rings (SSSR count). The SMILES string of the molecule is FOC(F)=C(F)OC(F)=C(F)OF. The Hall–Kier alpha value is -1.54. The minimum Gasteiger partial charge on any atom is -0.395 e. The molecule has 0 radical (unpaired) electrons. The second-order valence-corrected chi connectivity index (χ2v) is 1.35. The largest absolute Gasteiger partial charge is 0.395 e. The number of halogens is 6. The fourth-order valence-electron chi connectivity index (χ4n) is 0.220. The zero-order valence-corrected chi connectivity index (χ0v) is 5.49. The van der Waals surface area contributed by atoms with Gasteiger partial charge in [-0.2, -0.15) is 17.6 Å². The van der Waals surface area contributed by atoms with E-state index in [1.54, 1.807) is 0 Å². The van der Waals surface area contributed by atoms with Crippen molar-refractivity contribution in [1.29, 1.82) is 0 Å². The Morgan fingerprint density at radius 3 is 1.15 bits per heavy atom. The maximum Gasteiger partial charge on any atom is 0.390 e. The first-order valence-electron chi connectivity index (χ1n) is 2.38. The van der Waals surface area contributed by atoms with Crippen LogP contribution in [0.4, 0.5) is 26.6 Å². The van der Waals surface area contributed by atoms with Gasteiger partial charge in [-0.3, -0.25) is 9.88 Å². The third-order valence-electron chi connectivity index (χ3n) is 0.624. The molecule has 0 N–H and O–H groups in total. The Morgan fingerprint density at radius 2 is 0.923 bits per heavy atom. The summed E-state index contributed by atoms with van der Waals surface area (Å²) in [5.74, 6) is 0. The molecule has 0 amide bonds. The van der Waals surface area contributed by atoms with Gasteiger partial charge < -0.3 is 4.74 Å². The van der Waals surface area contributed by atoms with Crippen LogP contribution in [0, 0.1) is 0 Å². The number of hydrogen-bond acceptors (Lipinski definition) is 3. The molecule has 76 valence electrons. The fraction of sp³-hybridized carbons (Fsp3) is 0. The Labute approximate surface area is 66.6 Å². The second-order valence-electron chi connectivity index (χ2n) is 1.35. The van der Waals surface area contributed by atoms with Crippen molar-refractivity contribution in [3.05, 3.63) is 24.1 Å². The summed E-state index contributed by atoms with van der Waals surface area (Å²) in [5.41, 5.74) is 0. The molecule has 0 bridgehead atoms. The van der Waals surface area contributed by atoms with Gasteiger partial charge in [0.2, 0.25) is 0 Å².